The van der Waals surface area contributed by atoms with E-state index in [-0.39, 0.29) is 5.91 Å². The zero-order valence-electron chi connectivity index (χ0n) is 14.4. The zero-order valence-corrected chi connectivity index (χ0v) is 15.9. The third-order valence-corrected chi connectivity index (χ3v) is 4.85. The molecule has 4 nitrogen and oxygen atoms in total. The van der Waals surface area contributed by atoms with Gasteiger partial charge in [-0.15, -0.1) is 0 Å². The Labute approximate surface area is 166 Å². The summed E-state index contributed by atoms with van der Waals surface area (Å²) in [5.41, 5.74) is 4.52. The number of hydrogen-bond donors (Lipinski definition) is 2. The van der Waals surface area contributed by atoms with Crippen LogP contribution in [0, 0.1) is 6.92 Å². The Morgan fingerprint density at radius 3 is 2.48 bits per heavy atom. The first kappa shape index (κ1) is 17.6. The fraction of sp³-hybridized carbons (Fsp3) is 0.0476. The van der Waals surface area contributed by atoms with Gasteiger partial charge < -0.3 is 10.3 Å². The number of anilines is 1. The van der Waals surface area contributed by atoms with E-state index in [0.717, 1.165) is 16.6 Å². The van der Waals surface area contributed by atoms with Gasteiger partial charge in [-0.05, 0) is 49.4 Å². The average Bonchev–Trinajstić information content (AvgIpc) is 3.04. The average molecular weight is 396 g/mol. The minimum absolute atomic E-state index is 0.160. The van der Waals surface area contributed by atoms with Crippen molar-refractivity contribution in [3.8, 4) is 11.4 Å². The number of hydrogen-bond acceptors (Lipinski definition) is 2. The molecule has 0 aliphatic rings. The van der Waals surface area contributed by atoms with E-state index in [0.29, 0.717) is 32.7 Å². The first-order valence-electron chi connectivity index (χ1n) is 8.33. The van der Waals surface area contributed by atoms with Crippen LogP contribution in [-0.4, -0.2) is 15.9 Å². The molecule has 0 unspecified atom stereocenters. The van der Waals surface area contributed by atoms with E-state index >= 15 is 0 Å². The predicted octanol–water partition coefficient (Wildman–Crippen LogP) is 6.10. The maximum atomic E-state index is 12.4. The maximum absolute atomic E-state index is 12.4. The number of nitrogens with zero attached hydrogens (tertiary/aromatic N) is 1. The summed E-state index contributed by atoms with van der Waals surface area (Å²) >= 11 is 12.5. The molecule has 4 aromatic rings. The van der Waals surface area contributed by atoms with Gasteiger partial charge in [0.25, 0.3) is 5.91 Å². The molecule has 0 saturated heterocycles. The molecule has 1 heterocycles. The van der Waals surface area contributed by atoms with Crippen LogP contribution in [0.25, 0.3) is 22.4 Å². The van der Waals surface area contributed by atoms with E-state index in [4.69, 9.17) is 23.2 Å². The Morgan fingerprint density at radius 2 is 1.74 bits per heavy atom. The fourth-order valence-corrected chi connectivity index (χ4v) is 3.50. The smallest absolute Gasteiger partial charge is 0.255 e. The van der Waals surface area contributed by atoms with Crippen molar-refractivity contribution in [2.45, 2.75) is 6.92 Å². The van der Waals surface area contributed by atoms with Gasteiger partial charge in [0.2, 0.25) is 0 Å². The van der Waals surface area contributed by atoms with Crippen molar-refractivity contribution >= 4 is 45.8 Å². The van der Waals surface area contributed by atoms with Gasteiger partial charge in [0.05, 0.1) is 26.6 Å². The molecule has 0 fully saturated rings. The molecule has 0 radical (unpaired) electrons. The van der Waals surface area contributed by atoms with E-state index in [9.17, 15) is 4.79 Å². The summed E-state index contributed by atoms with van der Waals surface area (Å²) in [4.78, 5) is 20.2. The zero-order chi connectivity index (χ0) is 19.0. The summed E-state index contributed by atoms with van der Waals surface area (Å²) in [5, 5.41) is 3.96. The Hall–Kier alpha value is -2.82. The van der Waals surface area contributed by atoms with E-state index in [1.165, 1.54) is 0 Å². The van der Waals surface area contributed by atoms with Crippen LogP contribution >= 0.6 is 23.2 Å². The van der Waals surface area contributed by atoms with Gasteiger partial charge >= 0.3 is 0 Å². The van der Waals surface area contributed by atoms with Gasteiger partial charge in [0.15, 0.2) is 0 Å². The van der Waals surface area contributed by atoms with Crippen LogP contribution in [0.15, 0.2) is 60.7 Å². The van der Waals surface area contributed by atoms with Gasteiger partial charge in [-0.3, -0.25) is 4.79 Å². The Balaban J connectivity index is 1.66. The second kappa shape index (κ2) is 7.06. The number of halogens is 2. The Bertz CT molecular complexity index is 1150. The largest absolute Gasteiger partial charge is 0.338 e. The number of rotatable bonds is 3. The minimum atomic E-state index is -0.160. The molecule has 0 atom stereocenters. The molecule has 1 aromatic heterocycles. The SMILES string of the molecule is Cc1cccc(C(=O)Nc2ccc3nc(-c4c(Cl)cccc4Cl)[nH]c3c2)c1. The molecule has 0 aliphatic carbocycles. The van der Waals surface area contributed by atoms with E-state index < -0.39 is 0 Å². The molecule has 0 saturated carbocycles. The summed E-state index contributed by atoms with van der Waals surface area (Å²) in [6.07, 6.45) is 0. The molecule has 6 heteroatoms. The molecular formula is C21H15Cl2N3O. The summed E-state index contributed by atoms with van der Waals surface area (Å²) in [5.74, 6) is 0.426. The lowest BCUT2D eigenvalue weighted by atomic mass is 10.1. The number of aromatic amines is 1. The van der Waals surface area contributed by atoms with Crippen molar-refractivity contribution in [3.63, 3.8) is 0 Å². The van der Waals surface area contributed by atoms with Crippen LogP contribution in [0.4, 0.5) is 5.69 Å². The first-order valence-corrected chi connectivity index (χ1v) is 9.09. The topological polar surface area (TPSA) is 57.8 Å². The fourth-order valence-electron chi connectivity index (χ4n) is 2.92. The van der Waals surface area contributed by atoms with Crippen molar-refractivity contribution in [1.82, 2.24) is 9.97 Å². The van der Waals surface area contributed by atoms with Crippen LogP contribution in [0.5, 0.6) is 0 Å². The van der Waals surface area contributed by atoms with Gasteiger partial charge in [-0.25, -0.2) is 4.98 Å². The van der Waals surface area contributed by atoms with Crippen molar-refractivity contribution in [3.05, 3.63) is 81.8 Å². The van der Waals surface area contributed by atoms with Crippen LogP contribution in [0.3, 0.4) is 0 Å². The minimum Gasteiger partial charge on any atom is -0.338 e. The highest BCUT2D eigenvalue weighted by Gasteiger charge is 2.13. The van der Waals surface area contributed by atoms with E-state index in [1.54, 1.807) is 24.3 Å². The van der Waals surface area contributed by atoms with Crippen LogP contribution < -0.4 is 5.32 Å². The third-order valence-electron chi connectivity index (χ3n) is 4.22. The maximum Gasteiger partial charge on any atom is 0.255 e. The second-order valence-corrected chi connectivity index (χ2v) is 7.05. The number of H-pyrrole nitrogens is 1. The summed E-state index contributed by atoms with van der Waals surface area (Å²) < 4.78 is 0. The number of nitrogens with one attached hydrogen (secondary N) is 2. The van der Waals surface area contributed by atoms with E-state index in [1.807, 2.05) is 43.3 Å². The Morgan fingerprint density at radius 1 is 1.00 bits per heavy atom. The van der Waals surface area contributed by atoms with Crippen molar-refractivity contribution in [2.24, 2.45) is 0 Å². The molecule has 0 aliphatic heterocycles. The molecule has 0 spiro atoms. The number of aromatic nitrogens is 2. The quantitative estimate of drug-likeness (QED) is 0.440. The highest BCUT2D eigenvalue weighted by Crippen LogP contribution is 2.34. The lowest BCUT2D eigenvalue weighted by Gasteiger charge is -2.06. The van der Waals surface area contributed by atoms with Gasteiger partial charge in [0, 0.05) is 11.3 Å². The van der Waals surface area contributed by atoms with Crippen molar-refractivity contribution in [2.75, 3.05) is 5.32 Å². The van der Waals surface area contributed by atoms with Crippen molar-refractivity contribution in [1.29, 1.82) is 0 Å². The van der Waals surface area contributed by atoms with E-state index in [2.05, 4.69) is 15.3 Å². The molecule has 27 heavy (non-hydrogen) atoms. The lowest BCUT2D eigenvalue weighted by Crippen LogP contribution is -2.11. The molecule has 2 N–H and O–H groups in total. The van der Waals surface area contributed by atoms with Crippen molar-refractivity contribution < 1.29 is 4.79 Å². The number of benzene rings is 3. The first-order chi connectivity index (χ1) is 13.0. The predicted molar refractivity (Wildman–Crippen MR) is 111 cm³/mol. The van der Waals surface area contributed by atoms with Gasteiger partial charge in [-0.2, -0.15) is 0 Å². The highest BCUT2D eigenvalue weighted by molar-refractivity contribution is 6.39. The van der Waals surface area contributed by atoms with Crippen LogP contribution in [0.2, 0.25) is 10.0 Å². The van der Waals surface area contributed by atoms with Crippen LogP contribution in [0.1, 0.15) is 15.9 Å². The standard InChI is InChI=1S/C21H15Cl2N3O/c1-12-4-2-5-13(10-12)21(27)24-14-8-9-17-18(11-14)26-20(25-17)19-15(22)6-3-7-16(19)23/h2-11H,1H3,(H,24,27)(H,25,26). The highest BCUT2D eigenvalue weighted by atomic mass is 35.5. The summed E-state index contributed by atoms with van der Waals surface area (Å²) in [6.45, 7) is 1.95. The summed E-state index contributed by atoms with van der Waals surface area (Å²) in [6, 6.07) is 18.3. The third kappa shape index (κ3) is 3.54. The Kier molecular flexibility index (Phi) is 4.60. The number of aryl methyl sites for hydroxylation is 1. The normalized spacial score (nSPS) is 10.9. The number of imidazole rings is 1. The second-order valence-electron chi connectivity index (χ2n) is 6.24. The molecule has 3 aromatic carbocycles. The molecule has 1 amide bonds. The monoisotopic (exact) mass is 395 g/mol. The van der Waals surface area contributed by atoms with Crippen LogP contribution in [-0.2, 0) is 0 Å². The molecule has 134 valence electrons. The number of amides is 1. The lowest BCUT2D eigenvalue weighted by molar-refractivity contribution is 0.102. The molecular weight excluding hydrogens is 381 g/mol. The van der Waals surface area contributed by atoms with Gasteiger partial charge in [0.1, 0.15) is 5.82 Å². The van der Waals surface area contributed by atoms with Gasteiger partial charge in [-0.1, -0.05) is 47.0 Å². The molecule has 4 rings (SSSR count). The number of carbonyl (C=O) groups is 1. The number of fused-ring (bicyclic) bond motifs is 1. The number of carbonyl (C=O) groups excluding carboxylic acids is 1. The molecule has 0 bridgehead atoms. The summed E-state index contributed by atoms with van der Waals surface area (Å²) in [7, 11) is 0.